The zero-order valence-corrected chi connectivity index (χ0v) is 19.3. The van der Waals surface area contributed by atoms with Gasteiger partial charge in [-0.3, -0.25) is 14.4 Å². The number of halogens is 1. The maximum absolute atomic E-state index is 13.1. The molecule has 0 saturated heterocycles. The lowest BCUT2D eigenvalue weighted by molar-refractivity contribution is -0.133. The largest absolute Gasteiger partial charge is 0.393 e. The van der Waals surface area contributed by atoms with Gasteiger partial charge in [-0.25, -0.2) is 8.42 Å². The number of hydrogen-bond acceptors (Lipinski definition) is 8. The molecule has 0 spiro atoms. The Bertz CT molecular complexity index is 985. The van der Waals surface area contributed by atoms with Gasteiger partial charge in [-0.05, 0) is 25.0 Å². The lowest BCUT2D eigenvalue weighted by Gasteiger charge is -2.20. The number of ketones is 3. The molecule has 0 aliphatic heterocycles. The standard InChI is InChI=1S/C21H26ClNO7S/c1-4-6-14(23-30-12-11-29-2)18-17(31(3,27)28)10-9-13(20(18)22)21(26)19-15(24)7-5-8-16(19)25/h9-10,19H,4-8,11-12H2,1-3H3/b23-14+. The van der Waals surface area contributed by atoms with Crippen LogP contribution in [-0.2, 0) is 29.0 Å². The summed E-state index contributed by atoms with van der Waals surface area (Å²) in [7, 11) is -2.23. The van der Waals surface area contributed by atoms with Gasteiger partial charge in [-0.2, -0.15) is 0 Å². The number of nitrogens with zero attached hydrogens (tertiary/aromatic N) is 1. The molecular weight excluding hydrogens is 446 g/mol. The van der Waals surface area contributed by atoms with Gasteiger partial charge in [0.2, 0.25) is 0 Å². The van der Waals surface area contributed by atoms with Crippen molar-refractivity contribution in [3.05, 3.63) is 28.3 Å². The lowest BCUT2D eigenvalue weighted by atomic mass is 9.81. The molecule has 8 nitrogen and oxygen atoms in total. The van der Waals surface area contributed by atoms with Gasteiger partial charge in [0.15, 0.2) is 27.2 Å². The van der Waals surface area contributed by atoms with E-state index in [1.54, 1.807) is 0 Å². The molecule has 0 aromatic heterocycles. The summed E-state index contributed by atoms with van der Waals surface area (Å²) in [4.78, 5) is 42.7. The van der Waals surface area contributed by atoms with Crippen LogP contribution in [0.3, 0.4) is 0 Å². The van der Waals surface area contributed by atoms with Crippen LogP contribution in [0.1, 0.15) is 54.9 Å². The normalized spacial score (nSPS) is 15.9. The van der Waals surface area contributed by atoms with Gasteiger partial charge in [0.05, 0.1) is 22.2 Å². The third-order valence-corrected chi connectivity index (χ3v) is 6.38. The smallest absolute Gasteiger partial charge is 0.182 e. The van der Waals surface area contributed by atoms with E-state index in [0.29, 0.717) is 19.3 Å². The number of rotatable bonds is 10. The Labute approximate surface area is 186 Å². The van der Waals surface area contributed by atoms with Gasteiger partial charge in [-0.1, -0.05) is 30.1 Å². The minimum absolute atomic E-state index is 0.0463. The predicted octanol–water partition coefficient (Wildman–Crippen LogP) is 3.03. The van der Waals surface area contributed by atoms with Crippen LogP contribution in [-0.4, -0.2) is 58.1 Å². The quantitative estimate of drug-likeness (QED) is 0.169. The van der Waals surface area contributed by atoms with E-state index < -0.39 is 33.1 Å². The van der Waals surface area contributed by atoms with Crippen molar-refractivity contribution < 1.29 is 32.4 Å². The fraction of sp³-hybridized carbons (Fsp3) is 0.524. The fourth-order valence-electron chi connectivity index (χ4n) is 3.38. The first-order valence-corrected chi connectivity index (χ1v) is 12.2. The Morgan fingerprint density at radius 2 is 1.84 bits per heavy atom. The molecule has 2 rings (SSSR count). The Hall–Kier alpha value is -2.10. The van der Waals surface area contributed by atoms with Gasteiger partial charge >= 0.3 is 0 Å². The van der Waals surface area contributed by atoms with Crippen molar-refractivity contribution in [3.63, 3.8) is 0 Å². The molecule has 1 saturated carbocycles. The first kappa shape index (κ1) is 25.2. The summed E-state index contributed by atoms with van der Waals surface area (Å²) in [5, 5.41) is 3.88. The minimum atomic E-state index is -3.73. The summed E-state index contributed by atoms with van der Waals surface area (Å²) in [5.74, 6) is -3.03. The maximum atomic E-state index is 13.1. The van der Waals surface area contributed by atoms with E-state index >= 15 is 0 Å². The van der Waals surface area contributed by atoms with Crippen LogP contribution in [0.15, 0.2) is 22.2 Å². The second kappa shape index (κ2) is 11.0. The lowest BCUT2D eigenvalue weighted by Crippen LogP contribution is -2.35. The number of oxime groups is 1. The predicted molar refractivity (Wildman–Crippen MR) is 116 cm³/mol. The van der Waals surface area contributed by atoms with E-state index in [1.165, 1.54) is 19.2 Å². The maximum Gasteiger partial charge on any atom is 0.182 e. The van der Waals surface area contributed by atoms with E-state index in [-0.39, 0.29) is 52.8 Å². The molecule has 170 valence electrons. The van der Waals surface area contributed by atoms with Gasteiger partial charge in [0.1, 0.15) is 12.5 Å². The fourth-order valence-corrected chi connectivity index (χ4v) is 4.71. The van der Waals surface area contributed by atoms with Crippen LogP contribution in [0.2, 0.25) is 5.02 Å². The topological polar surface area (TPSA) is 116 Å². The SMILES string of the molecule is CCC/C(=N\OCCOC)c1c(S(C)(=O)=O)ccc(C(=O)C2C(=O)CCCC2=O)c1Cl. The highest BCUT2D eigenvalue weighted by atomic mass is 35.5. The monoisotopic (exact) mass is 471 g/mol. The van der Waals surface area contributed by atoms with Crippen LogP contribution in [0.5, 0.6) is 0 Å². The van der Waals surface area contributed by atoms with Gasteiger partial charge in [0.25, 0.3) is 0 Å². The van der Waals surface area contributed by atoms with Crippen molar-refractivity contribution in [1.82, 2.24) is 0 Å². The van der Waals surface area contributed by atoms with Crippen molar-refractivity contribution in [2.24, 2.45) is 11.1 Å². The molecule has 1 aromatic carbocycles. The number of carbonyl (C=O) groups is 3. The van der Waals surface area contributed by atoms with Crippen LogP contribution < -0.4 is 0 Å². The molecule has 1 aliphatic carbocycles. The Morgan fingerprint density at radius 1 is 1.19 bits per heavy atom. The van der Waals surface area contributed by atoms with Gasteiger partial charge in [0, 0.05) is 37.3 Å². The molecule has 10 heteroatoms. The Kier molecular flexibility index (Phi) is 8.90. The molecule has 1 aliphatic rings. The first-order chi connectivity index (χ1) is 14.6. The summed E-state index contributed by atoms with van der Waals surface area (Å²) in [6.07, 6.45) is 2.65. The van der Waals surface area contributed by atoms with Gasteiger partial charge < -0.3 is 9.57 Å². The Balaban J connectivity index is 2.63. The van der Waals surface area contributed by atoms with Crippen molar-refractivity contribution >= 4 is 44.5 Å². The number of benzene rings is 1. The molecule has 0 N–H and O–H groups in total. The second-order valence-corrected chi connectivity index (χ2v) is 9.63. The molecule has 1 fully saturated rings. The molecule has 0 radical (unpaired) electrons. The number of sulfone groups is 1. The molecular formula is C21H26ClNO7S. The molecule has 0 bridgehead atoms. The molecule has 31 heavy (non-hydrogen) atoms. The molecule has 0 unspecified atom stereocenters. The summed E-state index contributed by atoms with van der Waals surface area (Å²) in [5.41, 5.74) is 0.211. The first-order valence-electron chi connectivity index (χ1n) is 9.93. The number of ether oxygens (including phenoxy) is 1. The zero-order chi connectivity index (χ0) is 23.2. The number of methoxy groups -OCH3 is 1. The summed E-state index contributed by atoms with van der Waals surface area (Å²) >= 11 is 6.53. The minimum Gasteiger partial charge on any atom is -0.393 e. The molecule has 1 aromatic rings. The second-order valence-electron chi connectivity index (χ2n) is 7.27. The van der Waals surface area contributed by atoms with Crippen molar-refractivity contribution in [3.8, 4) is 0 Å². The van der Waals surface area contributed by atoms with Crippen LogP contribution in [0.4, 0.5) is 0 Å². The van der Waals surface area contributed by atoms with E-state index in [0.717, 1.165) is 6.26 Å². The van der Waals surface area contributed by atoms with E-state index in [4.69, 9.17) is 21.2 Å². The van der Waals surface area contributed by atoms with Crippen LogP contribution >= 0.6 is 11.6 Å². The van der Waals surface area contributed by atoms with E-state index in [2.05, 4.69) is 5.16 Å². The molecule has 0 heterocycles. The average molecular weight is 472 g/mol. The van der Waals surface area contributed by atoms with Gasteiger partial charge in [-0.15, -0.1) is 0 Å². The van der Waals surface area contributed by atoms with Crippen LogP contribution in [0, 0.1) is 5.92 Å². The average Bonchev–Trinajstić information content (AvgIpc) is 2.69. The molecule has 0 amide bonds. The summed E-state index contributed by atoms with van der Waals surface area (Å²) in [6, 6.07) is 2.50. The van der Waals surface area contributed by atoms with Crippen molar-refractivity contribution in [1.29, 1.82) is 0 Å². The summed E-state index contributed by atoms with van der Waals surface area (Å²) in [6.45, 7) is 2.28. The Morgan fingerprint density at radius 3 is 2.39 bits per heavy atom. The van der Waals surface area contributed by atoms with Crippen molar-refractivity contribution in [2.45, 2.75) is 43.9 Å². The third-order valence-electron chi connectivity index (χ3n) is 4.85. The zero-order valence-electron chi connectivity index (χ0n) is 17.8. The number of Topliss-reactive ketones (excluding diaryl/α,β-unsaturated/α-hetero) is 3. The highest BCUT2D eigenvalue weighted by Gasteiger charge is 2.38. The third kappa shape index (κ3) is 5.99. The summed E-state index contributed by atoms with van der Waals surface area (Å²) < 4.78 is 29.7. The number of carbonyl (C=O) groups excluding carboxylic acids is 3. The van der Waals surface area contributed by atoms with Crippen molar-refractivity contribution in [2.75, 3.05) is 26.6 Å². The highest BCUT2D eigenvalue weighted by molar-refractivity contribution is 7.90. The number of hydrogen-bond donors (Lipinski definition) is 0. The van der Waals surface area contributed by atoms with E-state index in [1.807, 2.05) is 6.92 Å². The van der Waals surface area contributed by atoms with E-state index in [9.17, 15) is 22.8 Å². The molecule has 0 atom stereocenters. The van der Waals surface area contributed by atoms with Crippen LogP contribution in [0.25, 0.3) is 0 Å². The highest BCUT2D eigenvalue weighted by Crippen LogP contribution is 2.33.